The van der Waals surface area contributed by atoms with Crippen LogP contribution in [0.5, 0.6) is 0 Å². The summed E-state index contributed by atoms with van der Waals surface area (Å²) in [5.74, 6) is 0. The van der Waals surface area contributed by atoms with Crippen molar-refractivity contribution in [3.63, 3.8) is 0 Å². The van der Waals surface area contributed by atoms with Gasteiger partial charge in [0.2, 0.25) is 0 Å². The maximum absolute atomic E-state index is 4.39. The number of hydrogen-bond donors (Lipinski definition) is 0. The number of nitrogens with zero attached hydrogens (tertiary/aromatic N) is 1. The fraction of sp³-hybridized carbons (Fsp3) is 0. The van der Waals surface area contributed by atoms with Crippen molar-refractivity contribution in [2.75, 3.05) is 0 Å². The first kappa shape index (κ1) is 37.4. The summed E-state index contributed by atoms with van der Waals surface area (Å²) >= 11 is 0. The topological polar surface area (TPSA) is 12.9 Å². The van der Waals surface area contributed by atoms with Gasteiger partial charge in [0, 0.05) is 18.0 Å². The molecule has 12 aromatic rings. The van der Waals surface area contributed by atoms with E-state index in [0.717, 1.165) is 11.1 Å². The summed E-state index contributed by atoms with van der Waals surface area (Å²) in [6.45, 7) is 0. The van der Waals surface area contributed by atoms with Crippen molar-refractivity contribution in [2.24, 2.45) is 0 Å². The smallest absolute Gasteiger partial charge is 0.0346 e. The van der Waals surface area contributed by atoms with Gasteiger partial charge in [-0.3, -0.25) is 4.98 Å². The molecule has 0 saturated heterocycles. The van der Waals surface area contributed by atoms with Gasteiger partial charge in [0.15, 0.2) is 0 Å². The summed E-state index contributed by atoms with van der Waals surface area (Å²) in [5, 5.41) is 7.61. The molecule has 0 radical (unpaired) electrons. The molecule has 1 heteroatoms. The Bertz CT molecular complexity index is 3620. The maximum atomic E-state index is 4.39. The minimum Gasteiger partial charge on any atom is -0.264 e. The third-order valence-electron chi connectivity index (χ3n) is 12.9. The molecule has 0 bridgehead atoms. The number of rotatable bonds is 8. The lowest BCUT2D eigenvalue weighted by Crippen LogP contribution is -1.98. The second kappa shape index (κ2) is 15.8. The summed E-state index contributed by atoms with van der Waals surface area (Å²) in [7, 11) is 0. The Hall–Kier alpha value is -8.39. The number of pyridine rings is 1. The Morgan fingerprint density at radius 2 is 0.703 bits per heavy atom. The summed E-state index contributed by atoms with van der Waals surface area (Å²) in [4.78, 5) is 4.39. The fourth-order valence-corrected chi connectivity index (χ4v) is 10.0. The molecule has 1 aromatic heterocycles. The van der Waals surface area contributed by atoms with Gasteiger partial charge in [-0.15, -0.1) is 0 Å². The molecule has 0 fully saturated rings. The molecule has 0 unspecified atom stereocenters. The SMILES string of the molecule is c1ccc(-c2cc(-c3cccc(-c4cc5ccc(-c6cccc(-c7cccnc7)c6)c6ccc7cccc4c7c56)c3)c(-c3ccccc3)c(-c3ccccc3)c2-c2ccccc2)cc1. The largest absolute Gasteiger partial charge is 0.264 e. The fourth-order valence-electron chi connectivity index (χ4n) is 10.0. The first-order valence-corrected chi connectivity index (χ1v) is 22.0. The highest BCUT2D eigenvalue weighted by molar-refractivity contribution is 6.28. The quantitative estimate of drug-likeness (QED) is 0.139. The Morgan fingerprint density at radius 3 is 1.34 bits per heavy atom. The van der Waals surface area contributed by atoms with Crippen LogP contribution in [0.15, 0.2) is 249 Å². The van der Waals surface area contributed by atoms with Crippen molar-refractivity contribution in [1.29, 1.82) is 0 Å². The molecule has 0 spiro atoms. The Kier molecular flexibility index (Phi) is 9.24. The van der Waals surface area contributed by atoms with Gasteiger partial charge in [-0.05, 0) is 146 Å². The maximum Gasteiger partial charge on any atom is 0.0346 e. The van der Waals surface area contributed by atoms with Gasteiger partial charge in [0.05, 0.1) is 0 Å². The predicted octanol–water partition coefficient (Wildman–Crippen LogP) is 17.3. The predicted molar refractivity (Wildman–Crippen MR) is 271 cm³/mol. The highest BCUT2D eigenvalue weighted by Gasteiger charge is 2.24. The highest BCUT2D eigenvalue weighted by Crippen LogP contribution is 2.51. The van der Waals surface area contributed by atoms with E-state index in [1.54, 1.807) is 0 Å². The molecule has 0 N–H and O–H groups in total. The van der Waals surface area contributed by atoms with Crippen LogP contribution in [0.2, 0.25) is 0 Å². The highest BCUT2D eigenvalue weighted by atomic mass is 14.6. The second-order valence-corrected chi connectivity index (χ2v) is 16.6. The van der Waals surface area contributed by atoms with Crippen molar-refractivity contribution in [3.05, 3.63) is 249 Å². The number of benzene rings is 11. The Labute approximate surface area is 373 Å². The summed E-state index contributed by atoms with van der Waals surface area (Å²) in [6.07, 6.45) is 3.76. The van der Waals surface area contributed by atoms with Crippen molar-refractivity contribution < 1.29 is 0 Å². The molecule has 1 heterocycles. The molecule has 1 nitrogen and oxygen atoms in total. The van der Waals surface area contributed by atoms with Gasteiger partial charge in [0.1, 0.15) is 0 Å². The average Bonchev–Trinajstić information content (AvgIpc) is 3.38. The van der Waals surface area contributed by atoms with Crippen molar-refractivity contribution in [2.45, 2.75) is 0 Å². The van der Waals surface area contributed by atoms with Crippen LogP contribution >= 0.6 is 0 Å². The van der Waals surface area contributed by atoms with E-state index in [9.17, 15) is 0 Å². The summed E-state index contributed by atoms with van der Waals surface area (Å²) < 4.78 is 0. The second-order valence-electron chi connectivity index (χ2n) is 16.6. The Balaban J connectivity index is 1.10. The minimum atomic E-state index is 1.12. The summed E-state index contributed by atoms with van der Waals surface area (Å²) in [6, 6.07) is 86.8. The van der Waals surface area contributed by atoms with E-state index in [2.05, 4.69) is 236 Å². The first-order valence-electron chi connectivity index (χ1n) is 22.0. The van der Waals surface area contributed by atoms with Gasteiger partial charge in [0.25, 0.3) is 0 Å². The van der Waals surface area contributed by atoms with Crippen molar-refractivity contribution in [1.82, 2.24) is 4.98 Å². The lowest BCUT2D eigenvalue weighted by molar-refractivity contribution is 1.33. The van der Waals surface area contributed by atoms with Crippen LogP contribution in [0.1, 0.15) is 0 Å². The van der Waals surface area contributed by atoms with Crippen LogP contribution in [0.25, 0.3) is 121 Å². The average molecular weight is 812 g/mol. The zero-order valence-corrected chi connectivity index (χ0v) is 35.1. The zero-order chi connectivity index (χ0) is 42.4. The molecule has 0 aliphatic heterocycles. The molecule has 0 amide bonds. The van der Waals surface area contributed by atoms with Gasteiger partial charge in [-0.1, -0.05) is 206 Å². The number of hydrogen-bond acceptors (Lipinski definition) is 1. The standard InChI is InChI=1S/C63H41N/c1-5-17-42(18-6-1)57-40-58(61(44-21-9-3-10-22-44)63(45-23-11-4-12-24-45)60(57)43-19-7-2-8-20-43)50-29-14-28-49(38-50)56-39-51-33-34-53(48-27-13-26-47(37-48)52-30-16-36-64-41-52)55-35-32-46-25-15-31-54(56)59(46)62(51)55/h1-41H. The molecule has 0 aliphatic carbocycles. The third kappa shape index (κ3) is 6.46. The van der Waals surface area contributed by atoms with Gasteiger partial charge < -0.3 is 0 Å². The Morgan fingerprint density at radius 1 is 0.234 bits per heavy atom. The molecule has 64 heavy (non-hydrogen) atoms. The van der Waals surface area contributed by atoms with Crippen molar-refractivity contribution >= 4 is 32.3 Å². The monoisotopic (exact) mass is 811 g/mol. The van der Waals surface area contributed by atoms with Crippen molar-refractivity contribution in [3.8, 4) is 89.0 Å². The van der Waals surface area contributed by atoms with Crippen LogP contribution < -0.4 is 0 Å². The summed E-state index contributed by atoms with van der Waals surface area (Å²) in [5.41, 5.74) is 19.1. The van der Waals surface area contributed by atoms with Crippen LogP contribution in [-0.4, -0.2) is 4.98 Å². The van der Waals surface area contributed by atoms with E-state index in [1.165, 1.54) is 110 Å². The van der Waals surface area contributed by atoms with E-state index in [0.29, 0.717) is 0 Å². The van der Waals surface area contributed by atoms with Crippen LogP contribution in [0.3, 0.4) is 0 Å². The van der Waals surface area contributed by atoms with Crippen LogP contribution in [0.4, 0.5) is 0 Å². The van der Waals surface area contributed by atoms with E-state index in [4.69, 9.17) is 0 Å². The van der Waals surface area contributed by atoms with E-state index in [-0.39, 0.29) is 0 Å². The first-order chi connectivity index (χ1) is 31.8. The van der Waals surface area contributed by atoms with E-state index < -0.39 is 0 Å². The molecular weight excluding hydrogens is 771 g/mol. The third-order valence-corrected chi connectivity index (χ3v) is 12.9. The lowest BCUT2D eigenvalue weighted by atomic mass is 9.78. The molecule has 298 valence electrons. The van der Waals surface area contributed by atoms with E-state index >= 15 is 0 Å². The van der Waals surface area contributed by atoms with Crippen LogP contribution in [-0.2, 0) is 0 Å². The van der Waals surface area contributed by atoms with E-state index in [1.807, 2.05) is 18.5 Å². The molecule has 0 aliphatic rings. The molecule has 0 atom stereocenters. The molecule has 12 rings (SSSR count). The molecular formula is C63H41N. The molecule has 0 saturated carbocycles. The zero-order valence-electron chi connectivity index (χ0n) is 35.1. The van der Waals surface area contributed by atoms with Gasteiger partial charge in [-0.2, -0.15) is 0 Å². The molecule has 11 aromatic carbocycles. The van der Waals surface area contributed by atoms with Crippen LogP contribution in [0, 0.1) is 0 Å². The minimum absolute atomic E-state index is 1.12. The normalized spacial score (nSPS) is 11.4. The number of aromatic nitrogens is 1. The van der Waals surface area contributed by atoms with Gasteiger partial charge >= 0.3 is 0 Å². The lowest BCUT2D eigenvalue weighted by Gasteiger charge is -2.24. The van der Waals surface area contributed by atoms with Gasteiger partial charge in [-0.25, -0.2) is 0 Å².